The number of aromatic nitrogens is 2. The van der Waals surface area contributed by atoms with E-state index in [4.69, 9.17) is 9.97 Å². The van der Waals surface area contributed by atoms with Gasteiger partial charge in [0.2, 0.25) is 0 Å². The number of nitrogens with one attached hydrogen (secondary N) is 1. The van der Waals surface area contributed by atoms with Gasteiger partial charge in [0, 0.05) is 23.7 Å². The first-order valence-corrected chi connectivity index (χ1v) is 8.45. The van der Waals surface area contributed by atoms with Crippen molar-refractivity contribution in [3.63, 3.8) is 0 Å². The summed E-state index contributed by atoms with van der Waals surface area (Å²) in [4.78, 5) is 9.84. The third kappa shape index (κ3) is 2.68. The molecule has 3 nitrogen and oxygen atoms in total. The molecule has 1 heterocycles. The van der Waals surface area contributed by atoms with Gasteiger partial charge in [-0.3, -0.25) is 0 Å². The summed E-state index contributed by atoms with van der Waals surface area (Å²) in [6.07, 6.45) is 10.2. The lowest BCUT2D eigenvalue weighted by Gasteiger charge is -2.28. The lowest BCUT2D eigenvalue weighted by atomic mass is 9.80. The van der Waals surface area contributed by atoms with Gasteiger partial charge in [0.15, 0.2) is 0 Å². The highest BCUT2D eigenvalue weighted by Crippen LogP contribution is 2.37. The Labute approximate surface area is 122 Å². The average molecular weight is 273 g/mol. The number of rotatable bonds is 4. The number of nitrogens with zero attached hydrogens (tertiary/aromatic N) is 2. The van der Waals surface area contributed by atoms with E-state index in [2.05, 4.69) is 19.2 Å². The van der Waals surface area contributed by atoms with Gasteiger partial charge >= 0.3 is 0 Å². The molecule has 1 fully saturated rings. The molecule has 3 rings (SSSR count). The summed E-state index contributed by atoms with van der Waals surface area (Å²) < 4.78 is 0. The molecule has 0 radical (unpaired) electrons. The molecule has 1 aromatic heterocycles. The molecule has 1 N–H and O–H groups in total. The van der Waals surface area contributed by atoms with Crippen molar-refractivity contribution in [2.75, 3.05) is 11.9 Å². The summed E-state index contributed by atoms with van der Waals surface area (Å²) >= 11 is 0. The van der Waals surface area contributed by atoms with E-state index in [9.17, 15) is 0 Å². The molecule has 0 bridgehead atoms. The van der Waals surface area contributed by atoms with E-state index in [1.807, 2.05) is 0 Å². The maximum Gasteiger partial charge on any atom is 0.134 e. The molecule has 20 heavy (non-hydrogen) atoms. The Kier molecular flexibility index (Phi) is 4.23. The Bertz CT molecular complexity index is 470. The van der Waals surface area contributed by atoms with E-state index in [1.54, 1.807) is 0 Å². The highest BCUT2D eigenvalue weighted by Gasteiger charge is 2.27. The van der Waals surface area contributed by atoms with Gasteiger partial charge in [-0.1, -0.05) is 26.2 Å². The predicted octanol–water partition coefficient (Wildman–Crippen LogP) is 4.08. The molecule has 2 aliphatic rings. The third-order valence-electron chi connectivity index (χ3n) is 5.02. The van der Waals surface area contributed by atoms with Crippen LogP contribution in [0.5, 0.6) is 0 Å². The van der Waals surface area contributed by atoms with E-state index >= 15 is 0 Å². The third-order valence-corrected chi connectivity index (χ3v) is 5.02. The van der Waals surface area contributed by atoms with Crippen LogP contribution in [0.4, 0.5) is 5.82 Å². The normalized spacial score (nSPS) is 25.5. The first-order chi connectivity index (χ1) is 9.81. The number of aryl methyl sites for hydroxylation is 1. The first kappa shape index (κ1) is 13.8. The van der Waals surface area contributed by atoms with Gasteiger partial charge in [0.1, 0.15) is 11.6 Å². The summed E-state index contributed by atoms with van der Waals surface area (Å²) in [5, 5.41) is 3.46. The minimum Gasteiger partial charge on any atom is -0.370 e. The fraction of sp³-hybridized carbons (Fsp3) is 0.765. The van der Waals surface area contributed by atoms with Gasteiger partial charge in [-0.2, -0.15) is 0 Å². The number of hydrogen-bond donors (Lipinski definition) is 1. The zero-order chi connectivity index (χ0) is 13.9. The van der Waals surface area contributed by atoms with Crippen LogP contribution in [0.25, 0.3) is 0 Å². The molecule has 1 saturated carbocycles. The maximum absolute atomic E-state index is 4.94. The SMILES string of the molecule is CCNc1nc(C2CCCC(CC)C2)nc2c1CCC2. The van der Waals surface area contributed by atoms with Crippen molar-refractivity contribution in [3.8, 4) is 0 Å². The molecular formula is C17H27N3. The molecule has 2 atom stereocenters. The molecule has 0 aromatic carbocycles. The fourth-order valence-electron chi connectivity index (χ4n) is 3.84. The molecule has 2 unspecified atom stereocenters. The average Bonchev–Trinajstić information content (AvgIpc) is 2.96. The first-order valence-electron chi connectivity index (χ1n) is 8.45. The Hall–Kier alpha value is -1.12. The van der Waals surface area contributed by atoms with Crippen LogP contribution in [-0.4, -0.2) is 16.5 Å². The standard InChI is InChI=1S/C17H27N3/c1-3-12-7-5-8-13(11-12)16-19-15-10-6-9-14(15)17(20-16)18-4-2/h12-13H,3-11H2,1-2H3,(H,18,19,20). The Balaban J connectivity index is 1.87. The highest BCUT2D eigenvalue weighted by atomic mass is 15.0. The lowest BCUT2D eigenvalue weighted by molar-refractivity contribution is 0.307. The zero-order valence-electron chi connectivity index (χ0n) is 12.9. The smallest absolute Gasteiger partial charge is 0.134 e. The highest BCUT2D eigenvalue weighted by molar-refractivity contribution is 5.49. The Morgan fingerprint density at radius 3 is 2.80 bits per heavy atom. The van der Waals surface area contributed by atoms with Crippen LogP contribution in [0.1, 0.15) is 75.4 Å². The summed E-state index contributed by atoms with van der Waals surface area (Å²) in [5.74, 6) is 3.73. The van der Waals surface area contributed by atoms with E-state index in [0.29, 0.717) is 5.92 Å². The van der Waals surface area contributed by atoms with Crippen LogP contribution < -0.4 is 5.32 Å². The fourth-order valence-corrected chi connectivity index (χ4v) is 3.84. The van der Waals surface area contributed by atoms with Crippen molar-refractivity contribution in [2.24, 2.45) is 5.92 Å². The quantitative estimate of drug-likeness (QED) is 0.898. The summed E-state index contributed by atoms with van der Waals surface area (Å²) in [5.41, 5.74) is 2.71. The van der Waals surface area contributed by atoms with Gasteiger partial charge in [-0.05, 0) is 44.9 Å². The van der Waals surface area contributed by atoms with Crippen molar-refractivity contribution in [3.05, 3.63) is 17.1 Å². The second-order valence-corrected chi connectivity index (χ2v) is 6.38. The number of fused-ring (bicyclic) bond motifs is 1. The molecule has 1 aromatic rings. The number of hydrogen-bond acceptors (Lipinski definition) is 3. The summed E-state index contributed by atoms with van der Waals surface area (Å²) in [7, 11) is 0. The van der Waals surface area contributed by atoms with Crippen LogP contribution in [0, 0.1) is 5.92 Å². The molecule has 0 spiro atoms. The monoisotopic (exact) mass is 273 g/mol. The van der Waals surface area contributed by atoms with E-state index in [-0.39, 0.29) is 0 Å². The topological polar surface area (TPSA) is 37.8 Å². The molecule has 110 valence electrons. The van der Waals surface area contributed by atoms with Gasteiger partial charge in [-0.25, -0.2) is 9.97 Å². The van der Waals surface area contributed by atoms with Gasteiger partial charge < -0.3 is 5.32 Å². The molecule has 3 heteroatoms. The Morgan fingerprint density at radius 2 is 2.00 bits per heavy atom. The van der Waals surface area contributed by atoms with Gasteiger partial charge in [-0.15, -0.1) is 0 Å². The lowest BCUT2D eigenvalue weighted by Crippen LogP contribution is -2.18. The van der Waals surface area contributed by atoms with Crippen molar-refractivity contribution in [1.29, 1.82) is 0 Å². The second-order valence-electron chi connectivity index (χ2n) is 6.38. The summed E-state index contributed by atoms with van der Waals surface area (Å²) in [6.45, 7) is 5.42. The van der Waals surface area contributed by atoms with E-state index in [0.717, 1.165) is 36.9 Å². The van der Waals surface area contributed by atoms with Crippen molar-refractivity contribution in [2.45, 2.75) is 71.1 Å². The van der Waals surface area contributed by atoms with Gasteiger partial charge in [0.25, 0.3) is 0 Å². The van der Waals surface area contributed by atoms with Crippen molar-refractivity contribution >= 4 is 5.82 Å². The molecule has 0 amide bonds. The minimum absolute atomic E-state index is 0.594. The second kappa shape index (κ2) is 6.11. The molecule has 0 aliphatic heterocycles. The number of anilines is 1. The van der Waals surface area contributed by atoms with Crippen LogP contribution >= 0.6 is 0 Å². The van der Waals surface area contributed by atoms with Crippen LogP contribution in [0.2, 0.25) is 0 Å². The van der Waals surface area contributed by atoms with Crippen LogP contribution in [-0.2, 0) is 12.8 Å². The van der Waals surface area contributed by atoms with E-state index < -0.39 is 0 Å². The van der Waals surface area contributed by atoms with Crippen LogP contribution in [0.3, 0.4) is 0 Å². The van der Waals surface area contributed by atoms with E-state index in [1.165, 1.54) is 49.8 Å². The molecule has 2 aliphatic carbocycles. The zero-order valence-corrected chi connectivity index (χ0v) is 12.9. The van der Waals surface area contributed by atoms with Crippen molar-refractivity contribution in [1.82, 2.24) is 9.97 Å². The Morgan fingerprint density at radius 1 is 1.10 bits per heavy atom. The van der Waals surface area contributed by atoms with Crippen LogP contribution in [0.15, 0.2) is 0 Å². The minimum atomic E-state index is 0.594. The largest absolute Gasteiger partial charge is 0.370 e. The van der Waals surface area contributed by atoms with Gasteiger partial charge in [0.05, 0.1) is 0 Å². The predicted molar refractivity (Wildman–Crippen MR) is 83.2 cm³/mol. The summed E-state index contributed by atoms with van der Waals surface area (Å²) in [6, 6.07) is 0. The molecular weight excluding hydrogens is 246 g/mol. The van der Waals surface area contributed by atoms with Crippen molar-refractivity contribution < 1.29 is 0 Å². The molecule has 0 saturated heterocycles. The maximum atomic E-state index is 4.94.